The summed E-state index contributed by atoms with van der Waals surface area (Å²) in [7, 11) is 1.61. The van der Waals surface area contributed by atoms with Crippen molar-refractivity contribution in [3.8, 4) is 5.75 Å². The summed E-state index contributed by atoms with van der Waals surface area (Å²) in [4.78, 5) is 26.0. The molecule has 0 aromatic heterocycles. The van der Waals surface area contributed by atoms with Crippen molar-refractivity contribution in [2.45, 2.75) is 44.1 Å². The average molecular weight is 431 g/mol. The summed E-state index contributed by atoms with van der Waals surface area (Å²) in [6.45, 7) is 0. The van der Waals surface area contributed by atoms with Gasteiger partial charge in [-0.15, -0.1) is 0 Å². The van der Waals surface area contributed by atoms with Gasteiger partial charge >= 0.3 is 0 Å². The Morgan fingerprint density at radius 3 is 2.12 bits per heavy atom. The average Bonchev–Trinajstić information content (AvgIpc) is 2.78. The van der Waals surface area contributed by atoms with E-state index in [0.29, 0.717) is 29.2 Å². The van der Waals surface area contributed by atoms with Crippen molar-refractivity contribution < 1.29 is 14.3 Å². The first-order valence-corrected chi connectivity index (χ1v) is 11.6. The Balaban J connectivity index is 1.38. The SMILES string of the molecule is COc1ccccc1N/C(=C/C(=O)C(=O)NC12CC3CC(CC(C3)C1)C2)c1ccccc1. The highest BCUT2D eigenvalue weighted by Gasteiger charge is 2.51. The van der Waals surface area contributed by atoms with E-state index in [1.807, 2.05) is 54.6 Å². The fraction of sp³-hybridized carbons (Fsp3) is 0.407. The minimum absolute atomic E-state index is 0.182. The molecule has 2 aromatic rings. The van der Waals surface area contributed by atoms with Gasteiger partial charge in [0.1, 0.15) is 5.75 Å². The van der Waals surface area contributed by atoms with E-state index in [0.717, 1.165) is 30.5 Å². The van der Waals surface area contributed by atoms with Gasteiger partial charge in [0, 0.05) is 17.3 Å². The van der Waals surface area contributed by atoms with Crippen LogP contribution in [0.3, 0.4) is 0 Å². The normalized spacial score (nSPS) is 28.3. The summed E-state index contributed by atoms with van der Waals surface area (Å²) in [5.41, 5.74) is 1.95. The molecule has 4 aliphatic carbocycles. The van der Waals surface area contributed by atoms with Gasteiger partial charge < -0.3 is 15.4 Å². The number of hydrogen-bond donors (Lipinski definition) is 2. The maximum Gasteiger partial charge on any atom is 0.292 e. The van der Waals surface area contributed by atoms with E-state index >= 15 is 0 Å². The van der Waals surface area contributed by atoms with Crippen LogP contribution in [-0.2, 0) is 9.59 Å². The zero-order chi connectivity index (χ0) is 22.1. The van der Waals surface area contributed by atoms with Crippen LogP contribution in [0.2, 0.25) is 0 Å². The van der Waals surface area contributed by atoms with Gasteiger partial charge in [0.05, 0.1) is 12.8 Å². The van der Waals surface area contributed by atoms with Crippen molar-refractivity contribution in [1.29, 1.82) is 0 Å². The number of para-hydroxylation sites is 2. The van der Waals surface area contributed by atoms with Crippen LogP contribution in [0.5, 0.6) is 5.75 Å². The van der Waals surface area contributed by atoms with E-state index in [2.05, 4.69) is 10.6 Å². The lowest BCUT2D eigenvalue weighted by atomic mass is 9.53. The first-order chi connectivity index (χ1) is 15.5. The molecule has 0 heterocycles. The van der Waals surface area contributed by atoms with E-state index in [1.54, 1.807) is 7.11 Å². The first-order valence-electron chi connectivity index (χ1n) is 11.6. The third-order valence-electron chi connectivity index (χ3n) is 7.38. The van der Waals surface area contributed by atoms with E-state index < -0.39 is 11.7 Å². The Morgan fingerprint density at radius 2 is 1.50 bits per heavy atom. The number of hydrogen-bond acceptors (Lipinski definition) is 4. The molecule has 2 aromatic carbocycles. The Morgan fingerprint density at radius 1 is 0.906 bits per heavy atom. The smallest absolute Gasteiger partial charge is 0.292 e. The number of methoxy groups -OCH3 is 1. The molecule has 4 bridgehead atoms. The zero-order valence-electron chi connectivity index (χ0n) is 18.5. The van der Waals surface area contributed by atoms with E-state index in [9.17, 15) is 9.59 Å². The fourth-order valence-corrected chi connectivity index (χ4v) is 6.47. The Bertz CT molecular complexity index is 1010. The third kappa shape index (κ3) is 4.16. The van der Waals surface area contributed by atoms with Gasteiger partial charge in [0.15, 0.2) is 0 Å². The van der Waals surface area contributed by atoms with Crippen molar-refractivity contribution in [3.05, 3.63) is 66.2 Å². The molecule has 166 valence electrons. The van der Waals surface area contributed by atoms with Crippen molar-refractivity contribution >= 4 is 23.1 Å². The second-order valence-electron chi connectivity index (χ2n) is 9.77. The lowest BCUT2D eigenvalue weighted by Gasteiger charge is -2.56. The first kappa shape index (κ1) is 20.8. The second-order valence-corrected chi connectivity index (χ2v) is 9.77. The van der Waals surface area contributed by atoms with Gasteiger partial charge in [-0.25, -0.2) is 0 Å². The molecule has 2 N–H and O–H groups in total. The standard InChI is InChI=1S/C27H30N2O3/c1-32-25-10-6-5-9-22(25)28-23(21-7-3-2-4-8-21)14-24(30)26(31)29-27-15-18-11-19(16-27)13-20(12-18)17-27/h2-10,14,18-20,28H,11-13,15-17H2,1H3,(H,29,31)/b23-14+. The Hall–Kier alpha value is -3.08. The number of rotatable bonds is 7. The summed E-state index contributed by atoms with van der Waals surface area (Å²) in [5, 5.41) is 6.48. The molecule has 0 spiro atoms. The molecule has 1 amide bonds. The quantitative estimate of drug-likeness (QED) is 0.489. The lowest BCUT2D eigenvalue weighted by Crippen LogP contribution is -2.60. The molecule has 6 rings (SSSR count). The topological polar surface area (TPSA) is 67.4 Å². The summed E-state index contributed by atoms with van der Waals surface area (Å²) >= 11 is 0. The van der Waals surface area contributed by atoms with Crippen LogP contribution < -0.4 is 15.4 Å². The third-order valence-corrected chi connectivity index (χ3v) is 7.38. The number of ether oxygens (including phenoxy) is 1. The molecule has 0 unspecified atom stereocenters. The maximum absolute atomic E-state index is 13.0. The van der Waals surface area contributed by atoms with Crippen molar-refractivity contribution in [3.63, 3.8) is 0 Å². The highest BCUT2D eigenvalue weighted by molar-refractivity contribution is 6.42. The zero-order valence-corrected chi connectivity index (χ0v) is 18.5. The molecule has 4 aliphatic rings. The number of nitrogens with one attached hydrogen (secondary N) is 2. The number of carbonyl (C=O) groups excluding carboxylic acids is 2. The van der Waals surface area contributed by atoms with E-state index in [-0.39, 0.29) is 5.54 Å². The molecule has 4 fully saturated rings. The van der Waals surface area contributed by atoms with Crippen LogP contribution in [0.1, 0.15) is 44.1 Å². The van der Waals surface area contributed by atoms with Crippen LogP contribution >= 0.6 is 0 Å². The summed E-state index contributed by atoms with van der Waals surface area (Å²) < 4.78 is 5.44. The highest BCUT2D eigenvalue weighted by Crippen LogP contribution is 2.55. The van der Waals surface area contributed by atoms with E-state index in [1.165, 1.54) is 25.3 Å². The van der Waals surface area contributed by atoms with Gasteiger partial charge in [-0.1, -0.05) is 42.5 Å². The van der Waals surface area contributed by atoms with Gasteiger partial charge in [-0.3, -0.25) is 9.59 Å². The minimum Gasteiger partial charge on any atom is -0.495 e. The molecular weight excluding hydrogens is 400 g/mol. The molecule has 0 atom stereocenters. The van der Waals surface area contributed by atoms with Crippen LogP contribution in [0.25, 0.3) is 5.70 Å². The van der Waals surface area contributed by atoms with Gasteiger partial charge in [0.25, 0.3) is 5.91 Å². The molecule has 5 heteroatoms. The second kappa shape index (κ2) is 8.45. The Labute approximate surface area is 189 Å². The summed E-state index contributed by atoms with van der Waals surface area (Å²) in [6.07, 6.45) is 8.36. The van der Waals surface area contributed by atoms with E-state index in [4.69, 9.17) is 4.74 Å². The molecule has 32 heavy (non-hydrogen) atoms. The van der Waals surface area contributed by atoms with Crippen LogP contribution in [0.4, 0.5) is 5.69 Å². The van der Waals surface area contributed by atoms with Crippen LogP contribution in [-0.4, -0.2) is 24.3 Å². The highest BCUT2D eigenvalue weighted by atomic mass is 16.5. The lowest BCUT2D eigenvalue weighted by molar-refractivity contribution is -0.138. The van der Waals surface area contributed by atoms with Crippen molar-refractivity contribution in [1.82, 2.24) is 5.32 Å². The Kier molecular flexibility index (Phi) is 5.50. The predicted molar refractivity (Wildman–Crippen MR) is 125 cm³/mol. The molecule has 0 radical (unpaired) electrons. The summed E-state index contributed by atoms with van der Waals surface area (Å²) in [5.74, 6) is 1.77. The van der Waals surface area contributed by atoms with Crippen LogP contribution in [0, 0.1) is 17.8 Å². The maximum atomic E-state index is 13.0. The number of carbonyl (C=O) groups is 2. The number of anilines is 1. The van der Waals surface area contributed by atoms with Crippen molar-refractivity contribution in [2.24, 2.45) is 17.8 Å². The summed E-state index contributed by atoms with van der Waals surface area (Å²) in [6, 6.07) is 17.1. The van der Waals surface area contributed by atoms with Gasteiger partial charge in [-0.2, -0.15) is 0 Å². The van der Waals surface area contributed by atoms with Crippen molar-refractivity contribution in [2.75, 3.05) is 12.4 Å². The number of ketones is 1. The van der Waals surface area contributed by atoms with Gasteiger partial charge in [0.2, 0.25) is 5.78 Å². The predicted octanol–water partition coefficient (Wildman–Crippen LogP) is 4.80. The fourth-order valence-electron chi connectivity index (χ4n) is 6.47. The molecule has 0 saturated heterocycles. The largest absolute Gasteiger partial charge is 0.495 e. The van der Waals surface area contributed by atoms with Gasteiger partial charge in [-0.05, 0) is 74.0 Å². The number of benzene rings is 2. The number of amides is 1. The molecule has 0 aliphatic heterocycles. The molecule has 4 saturated carbocycles. The molecular formula is C27H30N2O3. The minimum atomic E-state index is -0.526. The molecule has 5 nitrogen and oxygen atoms in total. The van der Waals surface area contributed by atoms with Crippen LogP contribution in [0.15, 0.2) is 60.7 Å². The monoisotopic (exact) mass is 430 g/mol.